The lowest BCUT2D eigenvalue weighted by Gasteiger charge is -2.32. The van der Waals surface area contributed by atoms with Crippen LogP contribution in [0.4, 0.5) is 0 Å². The fourth-order valence-corrected chi connectivity index (χ4v) is 6.57. The number of likely N-dealkylation sites (tertiary alicyclic amines) is 1. The molecule has 2 heterocycles. The molecule has 1 atom stereocenters. The van der Waals surface area contributed by atoms with Gasteiger partial charge in [0.2, 0.25) is 11.8 Å². The maximum absolute atomic E-state index is 13.0. The minimum Gasteiger partial charge on any atom is -0.497 e. The average Bonchev–Trinajstić information content (AvgIpc) is 3.07. The number of rotatable bonds is 6. The maximum Gasteiger partial charge on any atom is 0.308 e. The van der Waals surface area contributed by atoms with Crippen LogP contribution in [0.5, 0.6) is 0 Å². The van der Waals surface area contributed by atoms with E-state index in [9.17, 15) is 14.4 Å². The largest absolute Gasteiger partial charge is 0.497 e. The molecule has 1 N–H and O–H groups in total. The Morgan fingerprint density at radius 2 is 2.03 bits per heavy atom. The quantitative estimate of drug-likeness (QED) is 0.577. The smallest absolute Gasteiger partial charge is 0.308 e. The van der Waals surface area contributed by atoms with E-state index in [0.29, 0.717) is 48.9 Å². The first-order valence-electron chi connectivity index (χ1n) is 12.9. The van der Waals surface area contributed by atoms with Crippen molar-refractivity contribution in [3.05, 3.63) is 68.0 Å². The second kappa shape index (κ2) is 11.3. The number of fused-ring (bicyclic) bond motifs is 1. The van der Waals surface area contributed by atoms with E-state index in [4.69, 9.17) is 16.3 Å². The van der Waals surface area contributed by atoms with Crippen molar-refractivity contribution < 1.29 is 14.3 Å². The molecule has 2 aliphatic carbocycles. The maximum atomic E-state index is 13.0. The molecular formula is C28H32ClN3O4S. The van der Waals surface area contributed by atoms with Crippen molar-refractivity contribution >= 4 is 45.0 Å². The summed E-state index contributed by atoms with van der Waals surface area (Å²) in [5.41, 5.74) is 3.51. The highest BCUT2D eigenvalue weighted by Gasteiger charge is 2.29. The topological polar surface area (TPSA) is 80.6 Å². The number of amides is 2. The normalized spacial score (nSPS) is 20.4. The van der Waals surface area contributed by atoms with Gasteiger partial charge in [-0.25, -0.2) is 0 Å². The Labute approximate surface area is 225 Å². The molecule has 0 radical (unpaired) electrons. The van der Waals surface area contributed by atoms with Crippen LogP contribution in [0, 0.1) is 11.8 Å². The van der Waals surface area contributed by atoms with Crippen LogP contribution in [0.15, 0.2) is 58.1 Å². The van der Waals surface area contributed by atoms with Crippen molar-refractivity contribution in [1.29, 1.82) is 0 Å². The summed E-state index contributed by atoms with van der Waals surface area (Å²) in [6.07, 6.45) is 11.7. The highest BCUT2D eigenvalue weighted by Crippen LogP contribution is 2.34. The van der Waals surface area contributed by atoms with E-state index in [1.165, 1.54) is 15.7 Å². The van der Waals surface area contributed by atoms with Gasteiger partial charge in [0.05, 0.1) is 17.3 Å². The fraction of sp³-hybridized carbons (Fsp3) is 0.464. The molecule has 7 nitrogen and oxygen atoms in total. The number of thiazole rings is 1. The molecule has 1 fully saturated rings. The van der Waals surface area contributed by atoms with Crippen LogP contribution in [-0.2, 0) is 20.9 Å². The molecule has 2 amide bonds. The van der Waals surface area contributed by atoms with Crippen molar-refractivity contribution in [2.75, 3.05) is 26.7 Å². The molecule has 1 aromatic carbocycles. The van der Waals surface area contributed by atoms with Crippen molar-refractivity contribution in [2.24, 2.45) is 11.8 Å². The fourth-order valence-electron chi connectivity index (χ4n) is 5.53. The number of carbonyl (C=O) groups excluding carboxylic acids is 2. The number of hydrogen-bond acceptors (Lipinski definition) is 5. The Bertz CT molecular complexity index is 1350. The second-order valence-corrected chi connectivity index (χ2v) is 11.5. The van der Waals surface area contributed by atoms with E-state index in [0.717, 1.165) is 47.5 Å². The zero-order chi connectivity index (χ0) is 25.9. The van der Waals surface area contributed by atoms with Crippen LogP contribution < -0.4 is 10.2 Å². The number of piperidine rings is 1. The summed E-state index contributed by atoms with van der Waals surface area (Å²) >= 11 is 7.21. The first-order chi connectivity index (χ1) is 17.9. The number of methoxy groups -OCH3 is 1. The summed E-state index contributed by atoms with van der Waals surface area (Å²) in [5, 5.41) is 3.72. The monoisotopic (exact) mass is 541 g/mol. The lowest BCUT2D eigenvalue weighted by molar-refractivity contribution is -0.136. The number of carbonyl (C=O) groups is 2. The van der Waals surface area contributed by atoms with Crippen molar-refractivity contribution in [1.82, 2.24) is 14.8 Å². The van der Waals surface area contributed by atoms with Gasteiger partial charge in [-0.05, 0) is 80.4 Å². The van der Waals surface area contributed by atoms with Gasteiger partial charge in [0.1, 0.15) is 12.3 Å². The van der Waals surface area contributed by atoms with Crippen LogP contribution >= 0.6 is 22.9 Å². The third-order valence-electron chi connectivity index (χ3n) is 7.72. The van der Waals surface area contributed by atoms with E-state index in [1.807, 2.05) is 6.08 Å². The van der Waals surface area contributed by atoms with Gasteiger partial charge in [0.15, 0.2) is 0 Å². The second-order valence-electron chi connectivity index (χ2n) is 10.1. The molecule has 196 valence electrons. The van der Waals surface area contributed by atoms with Crippen LogP contribution in [0.25, 0.3) is 10.2 Å². The molecule has 0 saturated carbocycles. The number of aromatic nitrogens is 1. The Morgan fingerprint density at radius 1 is 1.22 bits per heavy atom. The van der Waals surface area contributed by atoms with Gasteiger partial charge in [-0.2, -0.15) is 0 Å². The van der Waals surface area contributed by atoms with Crippen LogP contribution in [0.3, 0.4) is 0 Å². The van der Waals surface area contributed by atoms with E-state index in [1.54, 1.807) is 30.2 Å². The zero-order valence-electron chi connectivity index (χ0n) is 21.0. The number of benzene rings is 1. The van der Waals surface area contributed by atoms with Crippen LogP contribution in [-0.4, -0.2) is 48.0 Å². The van der Waals surface area contributed by atoms with Crippen molar-refractivity contribution in [3.63, 3.8) is 0 Å². The summed E-state index contributed by atoms with van der Waals surface area (Å²) in [6, 6.07) is 5.27. The molecule has 37 heavy (non-hydrogen) atoms. The van der Waals surface area contributed by atoms with Gasteiger partial charge in [-0.15, -0.1) is 0 Å². The molecule has 9 heteroatoms. The minimum absolute atomic E-state index is 0.00961. The highest BCUT2D eigenvalue weighted by molar-refractivity contribution is 7.16. The molecule has 2 aromatic rings. The molecular weight excluding hydrogens is 510 g/mol. The molecule has 1 unspecified atom stereocenters. The number of hydrogen-bond donors (Lipinski definition) is 1. The van der Waals surface area contributed by atoms with E-state index in [2.05, 4.69) is 17.5 Å². The van der Waals surface area contributed by atoms with Gasteiger partial charge in [-0.3, -0.25) is 19.0 Å². The summed E-state index contributed by atoms with van der Waals surface area (Å²) < 4.78 is 7.74. The average molecular weight is 542 g/mol. The van der Waals surface area contributed by atoms with Crippen LogP contribution in [0.1, 0.15) is 38.5 Å². The summed E-state index contributed by atoms with van der Waals surface area (Å²) in [6.45, 7) is 1.71. The predicted octanol–water partition coefficient (Wildman–Crippen LogP) is 4.66. The minimum atomic E-state index is -0.167. The third-order valence-corrected chi connectivity index (χ3v) is 8.92. The zero-order valence-corrected chi connectivity index (χ0v) is 22.6. The molecule has 1 aromatic heterocycles. The summed E-state index contributed by atoms with van der Waals surface area (Å²) in [4.78, 5) is 39.9. The highest BCUT2D eigenvalue weighted by atomic mass is 35.5. The molecule has 1 saturated heterocycles. The lowest BCUT2D eigenvalue weighted by Crippen LogP contribution is -2.45. The molecule has 1 aliphatic heterocycles. The Hall–Kier alpha value is -2.84. The number of ether oxygens (including phenoxy) is 1. The first-order valence-corrected chi connectivity index (χ1v) is 14.1. The van der Waals surface area contributed by atoms with Gasteiger partial charge < -0.3 is 15.0 Å². The third kappa shape index (κ3) is 5.85. The Balaban J connectivity index is 1.10. The molecule has 0 spiro atoms. The molecule has 5 rings (SSSR count). The Morgan fingerprint density at radius 3 is 2.81 bits per heavy atom. The number of halogens is 1. The summed E-state index contributed by atoms with van der Waals surface area (Å²) in [5.74, 6) is 1.19. The SMILES string of the molecule is COC1=CC2=C(CC=C1)CCC(CNC(=O)C1CCN(C(=O)Cn3c(=O)sc4ccc(Cl)cc43)CC1)C2. The summed E-state index contributed by atoms with van der Waals surface area (Å²) in [7, 11) is 1.70. The lowest BCUT2D eigenvalue weighted by atomic mass is 9.82. The number of nitrogens with zero attached hydrogens (tertiary/aromatic N) is 2. The van der Waals surface area contributed by atoms with Crippen LogP contribution in [0.2, 0.25) is 5.02 Å². The van der Waals surface area contributed by atoms with Crippen molar-refractivity contribution in [2.45, 2.75) is 45.1 Å². The predicted molar refractivity (Wildman–Crippen MR) is 147 cm³/mol. The standard InChI is InChI=1S/C28H32ClN3O4S/c1-36-23-4-2-3-19-6-5-18(13-21(19)14-23)16-30-27(34)20-9-11-31(12-10-20)26(33)17-32-24-15-22(29)7-8-25(24)37-28(32)35/h2,4,7-8,14-15,18,20H,3,5-6,9-13,16-17H2,1H3,(H,30,34). The number of nitrogens with one attached hydrogen (secondary N) is 1. The molecule has 3 aliphatic rings. The van der Waals surface area contributed by atoms with E-state index >= 15 is 0 Å². The Kier molecular flexibility index (Phi) is 7.86. The number of allylic oxidation sites excluding steroid dienone is 5. The molecule has 0 bridgehead atoms. The first kappa shape index (κ1) is 25.8. The van der Waals surface area contributed by atoms with Crippen molar-refractivity contribution in [3.8, 4) is 0 Å². The van der Waals surface area contributed by atoms with Gasteiger partial charge >= 0.3 is 4.87 Å². The van der Waals surface area contributed by atoms with Gasteiger partial charge in [0.25, 0.3) is 0 Å². The van der Waals surface area contributed by atoms with Gasteiger partial charge in [-0.1, -0.05) is 34.6 Å². The van der Waals surface area contributed by atoms with E-state index in [-0.39, 0.29) is 29.1 Å². The van der Waals surface area contributed by atoms with Gasteiger partial charge in [0, 0.05) is 30.6 Å². The van der Waals surface area contributed by atoms with E-state index < -0.39 is 0 Å².